The fraction of sp³-hybridized carbons (Fsp3) is 0.476. The Morgan fingerprint density at radius 2 is 1.89 bits per heavy atom. The molecule has 1 heterocycles. The van der Waals surface area contributed by atoms with Gasteiger partial charge < -0.3 is 11.1 Å². The van der Waals surface area contributed by atoms with Crippen molar-refractivity contribution < 1.29 is 9.18 Å². The monoisotopic (exact) mass is 385 g/mol. The lowest BCUT2D eigenvalue weighted by Crippen LogP contribution is -2.19. The van der Waals surface area contributed by atoms with E-state index in [0.717, 1.165) is 24.1 Å². The van der Waals surface area contributed by atoms with E-state index in [4.69, 9.17) is 11.0 Å². The number of amides is 1. The van der Waals surface area contributed by atoms with Gasteiger partial charge in [0.2, 0.25) is 0 Å². The maximum Gasteiger partial charge on any atom is 0.254 e. The number of alkyl halides is 1. The van der Waals surface area contributed by atoms with Crippen LogP contribution in [-0.2, 0) is 5.41 Å². The molecule has 1 fully saturated rings. The topological polar surface area (TPSA) is 96.7 Å². The Morgan fingerprint density at radius 3 is 2.43 bits per heavy atom. The molecule has 0 atom stereocenters. The van der Waals surface area contributed by atoms with Crippen LogP contribution in [0.25, 0.3) is 0 Å². The Morgan fingerprint density at radius 1 is 1.29 bits per heavy atom. The maximum atomic E-state index is 13.1. The van der Waals surface area contributed by atoms with Crippen LogP contribution in [0.3, 0.4) is 0 Å². The zero-order chi connectivity index (χ0) is 20.7. The summed E-state index contributed by atoms with van der Waals surface area (Å²) in [6.07, 6.45) is 7.53. The highest BCUT2D eigenvalue weighted by Crippen LogP contribution is 2.30. The number of hydrogen-bond acceptors (Lipinski definition) is 4. The smallest absolute Gasteiger partial charge is 0.254 e. The third-order valence-electron chi connectivity index (χ3n) is 5.21. The molecule has 1 amide bonds. The molecule has 0 unspecified atom stereocenters. The molecule has 1 aromatic heterocycles. The molecule has 1 aromatic carbocycles. The van der Waals surface area contributed by atoms with E-state index in [0.29, 0.717) is 17.4 Å². The van der Waals surface area contributed by atoms with Gasteiger partial charge in [-0.25, -0.2) is 5.26 Å². The van der Waals surface area contributed by atoms with Gasteiger partial charge in [0.15, 0.2) is 5.82 Å². The molecule has 3 N–H and O–H groups in total. The summed E-state index contributed by atoms with van der Waals surface area (Å²) in [5, 5.41) is 14.3. The standard InChI is InChI=1S/C20H27FN4O.CHN/c1-20(2,13-21)14-8-10-15(11-9-14)23-19-17(18(22)26)12-25(24-19)16-6-4-3-5-7-16;1-2/h8-12,16H,3-7,13H2,1-2H3,(H2,22,26)(H,23,24);1H. The van der Waals surface area contributed by atoms with Gasteiger partial charge in [0.1, 0.15) is 5.56 Å². The van der Waals surface area contributed by atoms with E-state index < -0.39 is 18.0 Å². The molecule has 0 saturated heterocycles. The third-order valence-corrected chi connectivity index (χ3v) is 5.21. The van der Waals surface area contributed by atoms with Gasteiger partial charge in [-0.3, -0.25) is 13.9 Å². The molecule has 28 heavy (non-hydrogen) atoms. The quantitative estimate of drug-likeness (QED) is 0.758. The van der Waals surface area contributed by atoms with Gasteiger partial charge in [0.25, 0.3) is 5.91 Å². The SMILES string of the molecule is C#N.CC(C)(CF)c1ccc(Nc2nn(C3CCCCC3)cc2C(N)=O)cc1. The van der Waals surface area contributed by atoms with Crippen molar-refractivity contribution in [1.29, 1.82) is 5.26 Å². The zero-order valence-electron chi connectivity index (χ0n) is 16.5. The maximum absolute atomic E-state index is 13.1. The zero-order valence-corrected chi connectivity index (χ0v) is 16.5. The number of nitrogens with zero attached hydrogens (tertiary/aromatic N) is 3. The van der Waals surface area contributed by atoms with Crippen LogP contribution in [0.15, 0.2) is 30.5 Å². The van der Waals surface area contributed by atoms with Crippen molar-refractivity contribution in [3.05, 3.63) is 41.6 Å². The number of carbonyl (C=O) groups is 1. The van der Waals surface area contributed by atoms with Crippen molar-refractivity contribution >= 4 is 17.4 Å². The Balaban J connectivity index is 0.00000136. The summed E-state index contributed by atoms with van der Waals surface area (Å²) < 4.78 is 15.0. The van der Waals surface area contributed by atoms with E-state index in [-0.39, 0.29) is 0 Å². The Labute approximate surface area is 165 Å². The molecule has 1 saturated carbocycles. The first-order chi connectivity index (χ1) is 13.4. The van der Waals surface area contributed by atoms with E-state index >= 15 is 0 Å². The Bertz CT molecular complexity index is 804. The number of benzene rings is 1. The lowest BCUT2D eigenvalue weighted by Gasteiger charge is -2.22. The average Bonchev–Trinajstić information content (AvgIpc) is 3.15. The summed E-state index contributed by atoms with van der Waals surface area (Å²) in [5.41, 5.74) is 7.13. The minimum atomic E-state index is -0.514. The van der Waals surface area contributed by atoms with Crippen LogP contribution in [0.5, 0.6) is 0 Å². The van der Waals surface area contributed by atoms with Gasteiger partial charge >= 0.3 is 0 Å². The number of primary amides is 1. The van der Waals surface area contributed by atoms with Gasteiger partial charge in [-0.15, -0.1) is 0 Å². The number of halogens is 1. The number of nitrogens with two attached hydrogens (primary N) is 1. The van der Waals surface area contributed by atoms with E-state index in [2.05, 4.69) is 17.0 Å². The summed E-state index contributed by atoms with van der Waals surface area (Å²) in [6, 6.07) is 7.85. The van der Waals surface area contributed by atoms with Crippen molar-refractivity contribution in [3.8, 4) is 6.57 Å². The molecule has 0 bridgehead atoms. The highest BCUT2D eigenvalue weighted by molar-refractivity contribution is 5.98. The summed E-state index contributed by atoms with van der Waals surface area (Å²) >= 11 is 0. The van der Waals surface area contributed by atoms with Crippen LogP contribution in [0.4, 0.5) is 15.9 Å². The van der Waals surface area contributed by atoms with E-state index in [1.54, 1.807) is 6.20 Å². The minimum Gasteiger partial charge on any atom is -0.365 e. The van der Waals surface area contributed by atoms with Crippen molar-refractivity contribution in [1.82, 2.24) is 9.78 Å². The number of aromatic nitrogens is 2. The lowest BCUT2D eigenvalue weighted by atomic mass is 9.86. The summed E-state index contributed by atoms with van der Waals surface area (Å²) in [6.45, 7) is 6.82. The molecular weight excluding hydrogens is 357 g/mol. The molecule has 7 heteroatoms. The van der Waals surface area contributed by atoms with Gasteiger partial charge in [0, 0.05) is 23.9 Å². The molecule has 1 aliphatic carbocycles. The minimum absolute atomic E-state index is 0.324. The first kappa shape index (κ1) is 21.4. The third kappa shape index (κ3) is 4.89. The summed E-state index contributed by atoms with van der Waals surface area (Å²) in [4.78, 5) is 11.8. The van der Waals surface area contributed by atoms with Gasteiger partial charge in [0.05, 0.1) is 12.7 Å². The molecular formula is C21H28FN5O. The van der Waals surface area contributed by atoms with Gasteiger partial charge in [-0.2, -0.15) is 5.10 Å². The first-order valence-electron chi connectivity index (χ1n) is 9.49. The van der Waals surface area contributed by atoms with Crippen LogP contribution >= 0.6 is 0 Å². The fourth-order valence-electron chi connectivity index (χ4n) is 3.42. The molecule has 0 aliphatic heterocycles. The van der Waals surface area contributed by atoms with Gasteiger partial charge in [-0.05, 0) is 30.5 Å². The van der Waals surface area contributed by atoms with Crippen LogP contribution in [0.2, 0.25) is 0 Å². The van der Waals surface area contributed by atoms with Crippen molar-refractivity contribution in [2.75, 3.05) is 12.0 Å². The second-order valence-corrected chi connectivity index (χ2v) is 7.75. The molecule has 6 nitrogen and oxygen atoms in total. The van der Waals surface area contributed by atoms with Crippen molar-refractivity contribution in [2.45, 2.75) is 57.4 Å². The van der Waals surface area contributed by atoms with Crippen LogP contribution in [0.1, 0.15) is 67.9 Å². The highest BCUT2D eigenvalue weighted by Gasteiger charge is 2.22. The van der Waals surface area contributed by atoms with Gasteiger partial charge in [-0.1, -0.05) is 45.2 Å². The fourth-order valence-corrected chi connectivity index (χ4v) is 3.42. The highest BCUT2D eigenvalue weighted by atomic mass is 19.1. The number of hydrogen-bond donors (Lipinski definition) is 2. The molecule has 1 aliphatic rings. The summed E-state index contributed by atoms with van der Waals surface area (Å²) in [5.74, 6) is -0.0229. The Hall–Kier alpha value is -2.88. The molecule has 3 rings (SSSR count). The number of carbonyl (C=O) groups excluding carboxylic acids is 1. The van der Waals surface area contributed by atoms with E-state index in [9.17, 15) is 9.18 Å². The Kier molecular flexibility index (Phi) is 7.16. The second-order valence-electron chi connectivity index (χ2n) is 7.75. The number of rotatable bonds is 6. The number of anilines is 2. The average molecular weight is 385 g/mol. The molecule has 0 radical (unpaired) electrons. The van der Waals surface area contributed by atoms with Crippen molar-refractivity contribution in [2.24, 2.45) is 5.73 Å². The van der Waals surface area contributed by atoms with Crippen molar-refractivity contribution in [3.63, 3.8) is 0 Å². The van der Waals surface area contributed by atoms with Crippen LogP contribution < -0.4 is 11.1 Å². The molecule has 150 valence electrons. The van der Waals surface area contributed by atoms with Crippen LogP contribution in [0, 0.1) is 11.8 Å². The largest absolute Gasteiger partial charge is 0.365 e. The lowest BCUT2D eigenvalue weighted by molar-refractivity contribution is 0.100. The predicted octanol–water partition coefficient (Wildman–Crippen LogP) is 4.62. The van der Waals surface area contributed by atoms with E-state index in [1.807, 2.05) is 42.8 Å². The normalized spacial score (nSPS) is 14.8. The van der Waals surface area contributed by atoms with Crippen LogP contribution in [-0.4, -0.2) is 22.4 Å². The molecule has 0 spiro atoms. The predicted molar refractivity (Wildman–Crippen MR) is 108 cm³/mol. The molecule has 2 aromatic rings. The summed E-state index contributed by atoms with van der Waals surface area (Å²) in [7, 11) is 0. The first-order valence-corrected chi connectivity index (χ1v) is 9.49. The second kappa shape index (κ2) is 9.36. The number of nitriles is 1. The number of nitrogens with one attached hydrogen (secondary N) is 1. The van der Waals surface area contributed by atoms with E-state index in [1.165, 1.54) is 19.3 Å².